The van der Waals surface area contributed by atoms with Crippen LogP contribution >= 0.6 is 0 Å². The van der Waals surface area contributed by atoms with Crippen LogP contribution in [0.15, 0.2) is 36.4 Å². The summed E-state index contributed by atoms with van der Waals surface area (Å²) in [7, 11) is 0. The molecule has 2 heterocycles. The Bertz CT molecular complexity index is 845. The molecule has 2 aromatic carbocycles. The van der Waals surface area contributed by atoms with Crippen molar-refractivity contribution < 1.29 is 0 Å². The number of hydrogen-bond acceptors (Lipinski definition) is 2. The fourth-order valence-electron chi connectivity index (χ4n) is 6.68. The molecule has 35 heavy (non-hydrogen) atoms. The van der Waals surface area contributed by atoms with Crippen molar-refractivity contribution in [1.29, 1.82) is 0 Å². The molecule has 0 unspecified atom stereocenters. The van der Waals surface area contributed by atoms with Crippen molar-refractivity contribution in [2.24, 2.45) is 0 Å². The Kier molecular flexibility index (Phi) is 9.34. The number of rotatable bonds is 12. The lowest BCUT2D eigenvalue weighted by Crippen LogP contribution is -2.30. The lowest BCUT2D eigenvalue weighted by Gasteiger charge is -2.26. The minimum Gasteiger partial charge on any atom is -0.303 e. The molecule has 2 saturated heterocycles. The van der Waals surface area contributed by atoms with Crippen LogP contribution in [0.2, 0.25) is 0 Å². The fraction of sp³-hybridized carbons (Fsp3) is 0.636. The van der Waals surface area contributed by atoms with Crippen LogP contribution in [-0.4, -0.2) is 49.1 Å². The van der Waals surface area contributed by atoms with Gasteiger partial charge in [-0.1, -0.05) is 62.1 Å². The van der Waals surface area contributed by atoms with Gasteiger partial charge in [-0.05, 0) is 143 Å². The second kappa shape index (κ2) is 13.1. The van der Waals surface area contributed by atoms with Crippen molar-refractivity contribution in [3.63, 3.8) is 0 Å². The number of fused-ring (bicyclic) bond motifs is 3. The molecule has 3 aliphatic rings. The van der Waals surface area contributed by atoms with Crippen molar-refractivity contribution in [2.45, 2.75) is 96.3 Å². The van der Waals surface area contributed by atoms with Gasteiger partial charge in [-0.2, -0.15) is 0 Å². The van der Waals surface area contributed by atoms with E-state index in [1.165, 1.54) is 140 Å². The molecule has 2 aliphatic heterocycles. The van der Waals surface area contributed by atoms with Gasteiger partial charge >= 0.3 is 0 Å². The average molecular weight is 473 g/mol. The summed E-state index contributed by atoms with van der Waals surface area (Å²) in [6.07, 6.45) is 20.3. The van der Waals surface area contributed by atoms with E-state index in [9.17, 15) is 0 Å². The van der Waals surface area contributed by atoms with Crippen LogP contribution in [0.3, 0.4) is 0 Å². The molecule has 0 atom stereocenters. The molecule has 2 nitrogen and oxygen atoms in total. The van der Waals surface area contributed by atoms with Gasteiger partial charge in [-0.15, -0.1) is 0 Å². The Morgan fingerprint density at radius 2 is 0.943 bits per heavy atom. The van der Waals surface area contributed by atoms with Crippen molar-refractivity contribution in [1.82, 2.24) is 9.80 Å². The number of hydrogen-bond donors (Lipinski definition) is 0. The van der Waals surface area contributed by atoms with Crippen LogP contribution in [0.25, 0.3) is 11.1 Å². The van der Waals surface area contributed by atoms with E-state index in [1.807, 2.05) is 0 Å². The van der Waals surface area contributed by atoms with Crippen LogP contribution in [-0.2, 0) is 19.3 Å². The lowest BCUT2D eigenvalue weighted by molar-refractivity contribution is 0.224. The summed E-state index contributed by atoms with van der Waals surface area (Å²) < 4.78 is 0. The van der Waals surface area contributed by atoms with Crippen LogP contribution < -0.4 is 0 Å². The van der Waals surface area contributed by atoms with Gasteiger partial charge in [0.15, 0.2) is 0 Å². The number of likely N-dealkylation sites (tertiary alicyclic amines) is 2. The fourth-order valence-corrected chi connectivity index (χ4v) is 6.68. The van der Waals surface area contributed by atoms with Crippen LogP contribution in [0.4, 0.5) is 0 Å². The zero-order valence-electron chi connectivity index (χ0n) is 22.2. The maximum Gasteiger partial charge on any atom is -0.00133 e. The lowest BCUT2D eigenvalue weighted by atomic mass is 9.99. The van der Waals surface area contributed by atoms with E-state index in [0.717, 1.165) is 6.42 Å². The smallest absolute Gasteiger partial charge is 0.00133 e. The van der Waals surface area contributed by atoms with E-state index in [0.29, 0.717) is 0 Å². The van der Waals surface area contributed by atoms with E-state index >= 15 is 0 Å². The van der Waals surface area contributed by atoms with Gasteiger partial charge in [0, 0.05) is 0 Å². The van der Waals surface area contributed by atoms with Crippen molar-refractivity contribution in [2.75, 3.05) is 39.3 Å². The van der Waals surface area contributed by atoms with E-state index < -0.39 is 0 Å². The largest absolute Gasteiger partial charge is 0.303 e. The third-order valence-corrected chi connectivity index (χ3v) is 8.79. The first-order valence-corrected chi connectivity index (χ1v) is 15.0. The Morgan fingerprint density at radius 3 is 1.40 bits per heavy atom. The number of unbranched alkanes of at least 4 members (excludes halogenated alkanes) is 4. The molecule has 0 amide bonds. The van der Waals surface area contributed by atoms with E-state index in [-0.39, 0.29) is 0 Å². The van der Waals surface area contributed by atoms with Crippen molar-refractivity contribution in [3.8, 4) is 11.1 Å². The number of nitrogens with zero attached hydrogens (tertiary/aromatic N) is 2. The Hall–Kier alpha value is -1.64. The molecular weight excluding hydrogens is 424 g/mol. The molecule has 190 valence electrons. The predicted molar refractivity (Wildman–Crippen MR) is 150 cm³/mol. The van der Waals surface area contributed by atoms with Crippen molar-refractivity contribution in [3.05, 3.63) is 58.7 Å². The van der Waals surface area contributed by atoms with Gasteiger partial charge in [0.25, 0.3) is 0 Å². The number of piperidine rings is 2. The summed E-state index contributed by atoms with van der Waals surface area (Å²) in [6, 6.07) is 14.6. The maximum atomic E-state index is 2.68. The summed E-state index contributed by atoms with van der Waals surface area (Å²) in [5.41, 5.74) is 9.18. The van der Waals surface area contributed by atoms with Gasteiger partial charge < -0.3 is 9.80 Å². The number of benzene rings is 2. The molecular formula is C33H48N2. The van der Waals surface area contributed by atoms with E-state index in [2.05, 4.69) is 46.2 Å². The maximum absolute atomic E-state index is 2.68. The standard InChI is InChI=1S/C33H48N2/c1(7-19-34-21-9-3-10-22-34)5-13-28-15-17-32-30(25-28)27-31-26-29(16-18-33(31)32)14-6-2-8-20-35-23-11-4-12-24-35/h15-18,25-26H,1-14,19-24,27H2. The monoisotopic (exact) mass is 472 g/mol. The first-order valence-electron chi connectivity index (χ1n) is 15.0. The predicted octanol–water partition coefficient (Wildman–Crippen LogP) is 7.66. The average Bonchev–Trinajstić information content (AvgIpc) is 3.26. The molecule has 1 aliphatic carbocycles. The van der Waals surface area contributed by atoms with Gasteiger partial charge in [0.05, 0.1) is 0 Å². The molecule has 0 aromatic heterocycles. The molecule has 0 N–H and O–H groups in total. The number of aryl methyl sites for hydroxylation is 2. The zero-order chi connectivity index (χ0) is 23.7. The summed E-state index contributed by atoms with van der Waals surface area (Å²) in [5.74, 6) is 0. The van der Waals surface area contributed by atoms with Crippen LogP contribution in [0, 0.1) is 0 Å². The summed E-state index contributed by atoms with van der Waals surface area (Å²) in [5, 5.41) is 0. The summed E-state index contributed by atoms with van der Waals surface area (Å²) >= 11 is 0. The third-order valence-electron chi connectivity index (χ3n) is 8.79. The second-order valence-electron chi connectivity index (χ2n) is 11.6. The Labute approximate surface area is 215 Å². The molecule has 0 saturated carbocycles. The molecule has 2 aromatic rings. The molecule has 5 rings (SSSR count). The van der Waals surface area contributed by atoms with Gasteiger partial charge in [0.2, 0.25) is 0 Å². The Morgan fingerprint density at radius 1 is 0.486 bits per heavy atom. The minimum atomic E-state index is 1.14. The van der Waals surface area contributed by atoms with Gasteiger partial charge in [-0.3, -0.25) is 0 Å². The first-order chi connectivity index (χ1) is 17.3. The topological polar surface area (TPSA) is 6.48 Å². The van der Waals surface area contributed by atoms with Crippen LogP contribution in [0.1, 0.15) is 99.3 Å². The van der Waals surface area contributed by atoms with Gasteiger partial charge in [0.1, 0.15) is 0 Å². The molecule has 2 heteroatoms. The highest BCUT2D eigenvalue weighted by Gasteiger charge is 2.19. The highest BCUT2D eigenvalue weighted by molar-refractivity contribution is 5.77. The molecule has 0 radical (unpaired) electrons. The second-order valence-corrected chi connectivity index (χ2v) is 11.6. The third kappa shape index (κ3) is 7.20. The minimum absolute atomic E-state index is 1.14. The summed E-state index contributed by atoms with van der Waals surface area (Å²) in [4.78, 5) is 5.36. The molecule has 2 fully saturated rings. The highest BCUT2D eigenvalue weighted by Crippen LogP contribution is 2.38. The SMILES string of the molecule is c1cc2c(cc1CCCCCN1CCCCC1)Cc1cc(CCCCCN3CCCCC3)ccc1-2. The Balaban J connectivity index is 1.03. The van der Waals surface area contributed by atoms with Gasteiger partial charge in [-0.25, -0.2) is 0 Å². The normalized spacial score (nSPS) is 18.5. The first kappa shape index (κ1) is 25.0. The highest BCUT2D eigenvalue weighted by atomic mass is 15.1. The van der Waals surface area contributed by atoms with E-state index in [1.54, 1.807) is 22.3 Å². The van der Waals surface area contributed by atoms with E-state index in [4.69, 9.17) is 0 Å². The summed E-state index contributed by atoms with van der Waals surface area (Å²) in [6.45, 7) is 8.00. The molecule has 0 bridgehead atoms. The van der Waals surface area contributed by atoms with Crippen LogP contribution in [0.5, 0.6) is 0 Å². The zero-order valence-corrected chi connectivity index (χ0v) is 22.2. The quantitative estimate of drug-likeness (QED) is 0.250. The van der Waals surface area contributed by atoms with Crippen molar-refractivity contribution >= 4 is 0 Å². The molecule has 0 spiro atoms.